The Morgan fingerprint density at radius 1 is 1.59 bits per heavy atom. The largest absolute Gasteiger partial charge is 0.464 e. The number of halogens is 3. The van der Waals surface area contributed by atoms with E-state index in [1.807, 2.05) is 0 Å². The van der Waals surface area contributed by atoms with E-state index < -0.39 is 11.8 Å². The van der Waals surface area contributed by atoms with Crippen molar-refractivity contribution in [3.63, 3.8) is 0 Å². The minimum atomic E-state index is -0.788. The van der Waals surface area contributed by atoms with E-state index in [1.165, 1.54) is 6.07 Å². The van der Waals surface area contributed by atoms with E-state index in [2.05, 4.69) is 9.72 Å². The molecule has 0 fully saturated rings. The van der Waals surface area contributed by atoms with Crippen LogP contribution in [0.2, 0.25) is 5.15 Å². The Hall–Kier alpha value is -1.34. The van der Waals surface area contributed by atoms with Crippen molar-refractivity contribution in [1.82, 2.24) is 8.96 Å². The van der Waals surface area contributed by atoms with Crippen LogP contribution in [0.1, 0.15) is 10.5 Å². The van der Waals surface area contributed by atoms with Gasteiger partial charge in [0.2, 0.25) is 0 Å². The molecule has 0 atom stereocenters. The Labute approximate surface area is 104 Å². The molecule has 0 saturated carbocycles. The van der Waals surface area contributed by atoms with Crippen molar-refractivity contribution < 1.29 is 17.8 Å². The standard InChI is InChI=1S/C9H5ClF2N2O2S/c1-16-9(15)7-3-5-6(14(7)17-12)2-4(11)8(10)13-5/h2-3H,1H3. The van der Waals surface area contributed by atoms with Gasteiger partial charge in [-0.25, -0.2) is 18.1 Å². The van der Waals surface area contributed by atoms with Gasteiger partial charge in [-0.1, -0.05) is 11.6 Å². The van der Waals surface area contributed by atoms with Crippen LogP contribution in [-0.4, -0.2) is 22.0 Å². The molecule has 0 saturated heterocycles. The average Bonchev–Trinajstić information content (AvgIpc) is 2.66. The molecule has 8 heteroatoms. The quantitative estimate of drug-likeness (QED) is 0.626. The molecule has 4 nitrogen and oxygen atoms in total. The van der Waals surface area contributed by atoms with Crippen LogP contribution in [0.3, 0.4) is 0 Å². The fourth-order valence-electron chi connectivity index (χ4n) is 1.38. The molecule has 0 aliphatic carbocycles. The molecule has 2 heterocycles. The van der Waals surface area contributed by atoms with Gasteiger partial charge in [0.05, 0.1) is 18.1 Å². The van der Waals surface area contributed by atoms with Crippen LogP contribution in [0.25, 0.3) is 11.0 Å². The van der Waals surface area contributed by atoms with Crippen molar-refractivity contribution in [2.45, 2.75) is 0 Å². The van der Waals surface area contributed by atoms with Gasteiger partial charge in [0.15, 0.2) is 23.3 Å². The minimum absolute atomic E-state index is 0.0795. The fraction of sp³-hybridized carbons (Fsp3) is 0.111. The molecule has 2 aromatic heterocycles. The first kappa shape index (κ1) is 12.1. The van der Waals surface area contributed by atoms with Crippen LogP contribution < -0.4 is 0 Å². The lowest BCUT2D eigenvalue weighted by atomic mass is 10.3. The number of pyridine rings is 1. The van der Waals surface area contributed by atoms with Crippen molar-refractivity contribution in [3.05, 3.63) is 28.8 Å². The summed E-state index contributed by atoms with van der Waals surface area (Å²) in [5.41, 5.74) is 0.242. The Bertz CT molecular complexity index is 602. The van der Waals surface area contributed by atoms with E-state index in [-0.39, 0.29) is 34.2 Å². The second-order valence-electron chi connectivity index (χ2n) is 3.05. The van der Waals surface area contributed by atoms with Crippen molar-refractivity contribution in [2.75, 3.05) is 7.11 Å². The van der Waals surface area contributed by atoms with Gasteiger partial charge < -0.3 is 4.74 Å². The topological polar surface area (TPSA) is 44.1 Å². The maximum atomic E-state index is 13.2. The molecule has 17 heavy (non-hydrogen) atoms. The summed E-state index contributed by atoms with van der Waals surface area (Å²) in [5.74, 6) is -1.53. The maximum Gasteiger partial charge on any atom is 0.355 e. The molecule has 0 radical (unpaired) electrons. The van der Waals surface area contributed by atoms with Gasteiger partial charge in [0, 0.05) is 6.07 Å². The number of carbonyl (C=O) groups is 1. The number of fused-ring (bicyclic) bond motifs is 1. The van der Waals surface area contributed by atoms with Gasteiger partial charge in [0.25, 0.3) is 0 Å². The van der Waals surface area contributed by atoms with Gasteiger partial charge >= 0.3 is 5.97 Å². The first-order valence-corrected chi connectivity index (χ1v) is 5.38. The number of nitrogens with zero attached hydrogens (tertiary/aromatic N) is 2. The van der Waals surface area contributed by atoms with Gasteiger partial charge in [-0.3, -0.25) is 0 Å². The van der Waals surface area contributed by atoms with Crippen LogP contribution in [0.15, 0.2) is 12.1 Å². The Kier molecular flexibility index (Phi) is 3.21. The second-order valence-corrected chi connectivity index (χ2v) is 3.91. The van der Waals surface area contributed by atoms with E-state index >= 15 is 0 Å². The number of methoxy groups -OCH3 is 1. The molecule has 2 rings (SSSR count). The zero-order valence-corrected chi connectivity index (χ0v) is 9.98. The molecular formula is C9H5ClF2N2O2S. The first-order valence-electron chi connectivity index (χ1n) is 4.33. The third-order valence-corrected chi connectivity index (χ3v) is 2.91. The van der Waals surface area contributed by atoms with Crippen LogP contribution >= 0.6 is 23.9 Å². The summed E-state index contributed by atoms with van der Waals surface area (Å²) in [6, 6.07) is 2.28. The lowest BCUT2D eigenvalue weighted by Gasteiger charge is -2.01. The van der Waals surface area contributed by atoms with Crippen molar-refractivity contribution in [3.8, 4) is 0 Å². The highest BCUT2D eigenvalue weighted by Gasteiger charge is 2.19. The minimum Gasteiger partial charge on any atom is -0.464 e. The molecule has 0 aromatic carbocycles. The van der Waals surface area contributed by atoms with Gasteiger partial charge in [-0.2, -0.15) is 0 Å². The molecule has 0 bridgehead atoms. The molecule has 0 aliphatic rings. The Morgan fingerprint density at radius 3 is 2.88 bits per heavy atom. The highest BCUT2D eigenvalue weighted by Crippen LogP contribution is 2.27. The first-order chi connectivity index (χ1) is 8.08. The third kappa shape index (κ3) is 1.96. The predicted octanol–water partition coefficient (Wildman–Crippen LogP) is 3.00. The summed E-state index contributed by atoms with van der Waals surface area (Å²) < 4.78 is 31.3. The lowest BCUT2D eigenvalue weighted by molar-refractivity contribution is 0.0593. The third-order valence-electron chi connectivity index (χ3n) is 2.12. The van der Waals surface area contributed by atoms with Crippen molar-refractivity contribution in [1.29, 1.82) is 0 Å². The number of ether oxygens (including phenoxy) is 1. The lowest BCUT2D eigenvalue weighted by Crippen LogP contribution is -2.05. The number of carbonyl (C=O) groups excluding carboxylic acids is 1. The molecular weight excluding hydrogens is 274 g/mol. The van der Waals surface area contributed by atoms with E-state index in [4.69, 9.17) is 11.6 Å². The number of aromatic nitrogens is 2. The molecule has 0 N–H and O–H groups in total. The molecule has 2 aromatic rings. The van der Waals surface area contributed by atoms with Crippen LogP contribution in [0.4, 0.5) is 8.28 Å². The number of esters is 1. The van der Waals surface area contributed by atoms with Gasteiger partial charge in [-0.05, 0) is 6.07 Å². The molecule has 90 valence electrons. The SMILES string of the molecule is COC(=O)c1cc2nc(Cl)c(F)cc2n1SF. The van der Waals surface area contributed by atoms with Crippen LogP contribution in [-0.2, 0) is 4.74 Å². The fourth-order valence-corrected chi connectivity index (χ4v) is 1.95. The molecule has 0 amide bonds. The number of rotatable bonds is 2. The smallest absolute Gasteiger partial charge is 0.355 e. The summed E-state index contributed by atoms with van der Waals surface area (Å²) in [5, 5.41) is -0.338. The summed E-state index contributed by atoms with van der Waals surface area (Å²) >= 11 is 5.25. The summed E-state index contributed by atoms with van der Waals surface area (Å²) in [6.45, 7) is 0. The van der Waals surface area contributed by atoms with Crippen molar-refractivity contribution >= 4 is 40.9 Å². The van der Waals surface area contributed by atoms with Crippen LogP contribution in [0, 0.1) is 5.82 Å². The van der Waals surface area contributed by atoms with E-state index in [0.29, 0.717) is 0 Å². The zero-order valence-electron chi connectivity index (χ0n) is 8.41. The van der Waals surface area contributed by atoms with Crippen LogP contribution in [0.5, 0.6) is 0 Å². The summed E-state index contributed by atoms with van der Waals surface area (Å²) in [7, 11) is 1.16. The van der Waals surface area contributed by atoms with E-state index in [9.17, 15) is 13.1 Å². The van der Waals surface area contributed by atoms with Gasteiger partial charge in [0.1, 0.15) is 5.69 Å². The van der Waals surface area contributed by atoms with Crippen molar-refractivity contribution in [2.24, 2.45) is 0 Å². The van der Waals surface area contributed by atoms with Gasteiger partial charge in [-0.15, -0.1) is 3.89 Å². The molecule has 0 unspecified atom stereocenters. The predicted molar refractivity (Wildman–Crippen MR) is 60.1 cm³/mol. The highest BCUT2D eigenvalue weighted by molar-refractivity contribution is 7.93. The second kappa shape index (κ2) is 4.50. The summed E-state index contributed by atoms with van der Waals surface area (Å²) in [6.07, 6.45) is 0. The Morgan fingerprint density at radius 2 is 2.29 bits per heavy atom. The number of hydrogen-bond donors (Lipinski definition) is 0. The highest BCUT2D eigenvalue weighted by atomic mass is 35.5. The number of hydrogen-bond acceptors (Lipinski definition) is 4. The molecule has 0 aliphatic heterocycles. The van der Waals surface area contributed by atoms with E-state index in [1.54, 1.807) is 0 Å². The Balaban J connectivity index is 2.75. The summed E-state index contributed by atoms with van der Waals surface area (Å²) in [4.78, 5) is 15.1. The average molecular weight is 279 g/mol. The molecule has 0 spiro atoms. The van der Waals surface area contributed by atoms with E-state index in [0.717, 1.165) is 17.1 Å². The maximum absolute atomic E-state index is 13.2. The monoisotopic (exact) mass is 278 g/mol. The zero-order chi connectivity index (χ0) is 12.6. The normalized spacial score (nSPS) is 10.8.